The average molecular weight is 166 g/mol. The van der Waals surface area contributed by atoms with Gasteiger partial charge in [0.05, 0.1) is 5.71 Å². The van der Waals surface area contributed by atoms with Gasteiger partial charge in [-0.25, -0.2) is 0 Å². The van der Waals surface area contributed by atoms with E-state index in [2.05, 4.69) is 4.99 Å². The molecule has 0 bridgehead atoms. The molecule has 0 saturated carbocycles. The summed E-state index contributed by atoms with van der Waals surface area (Å²) < 4.78 is 0. The van der Waals surface area contributed by atoms with Crippen LogP contribution in [0.4, 0.5) is 0 Å². The van der Waals surface area contributed by atoms with E-state index in [9.17, 15) is 0 Å². The number of allylic oxidation sites excluding steroid dienone is 2. The lowest BCUT2D eigenvalue weighted by Gasteiger charge is -2.02. The molecule has 12 heavy (non-hydrogen) atoms. The van der Waals surface area contributed by atoms with Gasteiger partial charge in [0, 0.05) is 11.4 Å². The Kier molecular flexibility index (Phi) is 4.49. The zero-order valence-electron chi connectivity index (χ0n) is 8.65. The summed E-state index contributed by atoms with van der Waals surface area (Å²) in [5.41, 5.74) is 3.69. The molecule has 0 fully saturated rings. The van der Waals surface area contributed by atoms with E-state index in [4.69, 9.17) is 5.41 Å². The lowest BCUT2D eigenvalue weighted by molar-refractivity contribution is 1.16. The Balaban J connectivity index is 4.73. The van der Waals surface area contributed by atoms with Crippen LogP contribution >= 0.6 is 0 Å². The molecular weight excluding hydrogens is 148 g/mol. The van der Waals surface area contributed by atoms with Crippen molar-refractivity contribution in [3.63, 3.8) is 0 Å². The second-order valence-corrected chi connectivity index (χ2v) is 3.12. The smallest absolute Gasteiger partial charge is 0.0608 e. The molecule has 0 aromatic rings. The molecule has 0 heterocycles. The molecule has 2 heteroatoms. The minimum Gasteiger partial charge on any atom is -0.304 e. The minimum atomic E-state index is 0.568. The van der Waals surface area contributed by atoms with E-state index in [0.29, 0.717) is 5.71 Å². The van der Waals surface area contributed by atoms with Crippen LogP contribution in [0.5, 0.6) is 0 Å². The molecule has 0 aliphatic heterocycles. The quantitative estimate of drug-likeness (QED) is 0.625. The molecule has 0 aliphatic carbocycles. The number of rotatable bonds is 3. The van der Waals surface area contributed by atoms with Crippen molar-refractivity contribution in [1.82, 2.24) is 0 Å². The summed E-state index contributed by atoms with van der Waals surface area (Å²) in [4.78, 5) is 4.37. The summed E-state index contributed by atoms with van der Waals surface area (Å²) in [7, 11) is 0. The molecule has 0 spiro atoms. The number of aliphatic imine (C=N–C) groups is 1. The highest BCUT2D eigenvalue weighted by Crippen LogP contribution is 2.05. The third-order valence-electron chi connectivity index (χ3n) is 1.79. The Morgan fingerprint density at radius 3 is 1.92 bits per heavy atom. The predicted molar refractivity (Wildman–Crippen MR) is 55.2 cm³/mol. The molecule has 0 saturated heterocycles. The summed E-state index contributed by atoms with van der Waals surface area (Å²) in [6.45, 7) is 9.85. The van der Waals surface area contributed by atoms with Crippen LogP contribution in [-0.4, -0.2) is 11.4 Å². The van der Waals surface area contributed by atoms with E-state index in [0.717, 1.165) is 17.8 Å². The first kappa shape index (κ1) is 11.1. The Bertz CT molecular complexity index is 230. The lowest BCUT2D eigenvalue weighted by Crippen LogP contribution is -2.07. The van der Waals surface area contributed by atoms with Crippen LogP contribution in [0.25, 0.3) is 0 Å². The molecule has 0 aromatic carbocycles. The summed E-state index contributed by atoms with van der Waals surface area (Å²) in [6.07, 6.45) is 0.833. The Hall–Kier alpha value is -0.920. The number of nitrogens with one attached hydrogen (secondary N) is 1. The normalized spacial score (nSPS) is 11.2. The van der Waals surface area contributed by atoms with E-state index < -0.39 is 0 Å². The molecule has 0 amide bonds. The summed E-state index contributed by atoms with van der Waals surface area (Å²) in [5, 5.41) is 7.43. The third kappa shape index (κ3) is 3.46. The maximum atomic E-state index is 7.43. The van der Waals surface area contributed by atoms with Gasteiger partial charge in [0.25, 0.3) is 0 Å². The fourth-order valence-corrected chi connectivity index (χ4v) is 0.742. The van der Waals surface area contributed by atoms with Gasteiger partial charge in [0.1, 0.15) is 0 Å². The molecule has 0 rings (SSSR count). The lowest BCUT2D eigenvalue weighted by atomic mass is 10.2. The van der Waals surface area contributed by atoms with Crippen molar-refractivity contribution in [2.45, 2.75) is 41.0 Å². The Labute approximate surface area is 74.9 Å². The van der Waals surface area contributed by atoms with E-state index in [-0.39, 0.29) is 0 Å². The van der Waals surface area contributed by atoms with Crippen molar-refractivity contribution in [3.05, 3.63) is 11.3 Å². The van der Waals surface area contributed by atoms with Gasteiger partial charge in [-0.3, -0.25) is 4.99 Å². The molecule has 1 N–H and O–H groups in total. The number of hydrogen-bond acceptors (Lipinski definition) is 2. The van der Waals surface area contributed by atoms with Crippen molar-refractivity contribution in [3.8, 4) is 0 Å². The largest absolute Gasteiger partial charge is 0.304 e. The standard InChI is InChI=1S/C10H18N2/c1-6-10(8(4)11)12-9(5)7(2)3/h11H,6H2,1-5H3. The maximum Gasteiger partial charge on any atom is 0.0608 e. The first-order valence-corrected chi connectivity index (χ1v) is 4.26. The van der Waals surface area contributed by atoms with Gasteiger partial charge in [-0.2, -0.15) is 0 Å². The van der Waals surface area contributed by atoms with Crippen LogP contribution in [0.3, 0.4) is 0 Å². The van der Waals surface area contributed by atoms with Crippen LogP contribution in [-0.2, 0) is 0 Å². The summed E-state index contributed by atoms with van der Waals surface area (Å²) in [5.74, 6) is 0. The monoisotopic (exact) mass is 166 g/mol. The second-order valence-electron chi connectivity index (χ2n) is 3.12. The number of hydrogen-bond donors (Lipinski definition) is 1. The Morgan fingerprint density at radius 2 is 1.67 bits per heavy atom. The maximum absolute atomic E-state index is 7.43. The molecule has 0 unspecified atom stereocenters. The highest BCUT2D eigenvalue weighted by Gasteiger charge is 1.98. The molecule has 2 nitrogen and oxygen atoms in total. The second kappa shape index (κ2) is 4.86. The van der Waals surface area contributed by atoms with Gasteiger partial charge in [-0.15, -0.1) is 0 Å². The fraction of sp³-hybridized carbons (Fsp3) is 0.600. The molecule has 0 aromatic heterocycles. The van der Waals surface area contributed by atoms with Crippen molar-refractivity contribution < 1.29 is 0 Å². The Morgan fingerprint density at radius 1 is 1.17 bits per heavy atom. The highest BCUT2D eigenvalue weighted by atomic mass is 14.8. The molecule has 0 atom stereocenters. The average Bonchev–Trinajstić information content (AvgIpc) is 1.98. The topological polar surface area (TPSA) is 36.2 Å². The van der Waals surface area contributed by atoms with Crippen LogP contribution in [0.15, 0.2) is 16.3 Å². The van der Waals surface area contributed by atoms with Crippen LogP contribution in [0, 0.1) is 5.41 Å². The van der Waals surface area contributed by atoms with Gasteiger partial charge in [-0.1, -0.05) is 12.5 Å². The van der Waals surface area contributed by atoms with Crippen LogP contribution in [0.2, 0.25) is 0 Å². The molecule has 0 aliphatic rings. The molecule has 68 valence electrons. The predicted octanol–water partition coefficient (Wildman–Crippen LogP) is 3.19. The van der Waals surface area contributed by atoms with Crippen LogP contribution in [0.1, 0.15) is 41.0 Å². The third-order valence-corrected chi connectivity index (χ3v) is 1.79. The fourth-order valence-electron chi connectivity index (χ4n) is 0.742. The first-order valence-electron chi connectivity index (χ1n) is 4.26. The minimum absolute atomic E-state index is 0.568. The zero-order valence-corrected chi connectivity index (χ0v) is 8.65. The van der Waals surface area contributed by atoms with E-state index in [1.165, 1.54) is 5.57 Å². The molecular formula is C10H18N2. The van der Waals surface area contributed by atoms with Gasteiger partial charge in [-0.05, 0) is 34.1 Å². The van der Waals surface area contributed by atoms with Crippen LogP contribution < -0.4 is 0 Å². The van der Waals surface area contributed by atoms with Gasteiger partial charge in [0.2, 0.25) is 0 Å². The van der Waals surface area contributed by atoms with E-state index in [1.807, 2.05) is 27.7 Å². The van der Waals surface area contributed by atoms with Crippen molar-refractivity contribution >= 4 is 11.4 Å². The first-order chi connectivity index (χ1) is 5.49. The van der Waals surface area contributed by atoms with Gasteiger partial charge < -0.3 is 5.41 Å². The van der Waals surface area contributed by atoms with Crippen molar-refractivity contribution in [2.24, 2.45) is 4.99 Å². The van der Waals surface area contributed by atoms with Crippen molar-refractivity contribution in [2.75, 3.05) is 0 Å². The van der Waals surface area contributed by atoms with E-state index >= 15 is 0 Å². The van der Waals surface area contributed by atoms with Gasteiger partial charge >= 0.3 is 0 Å². The number of nitrogens with zero attached hydrogens (tertiary/aromatic N) is 1. The summed E-state index contributed by atoms with van der Waals surface area (Å²) >= 11 is 0. The van der Waals surface area contributed by atoms with Crippen molar-refractivity contribution in [1.29, 1.82) is 5.41 Å². The SMILES string of the molecule is CCC(=NC(C)=C(C)C)C(C)=N. The van der Waals surface area contributed by atoms with Gasteiger partial charge in [0.15, 0.2) is 0 Å². The van der Waals surface area contributed by atoms with E-state index in [1.54, 1.807) is 6.92 Å². The molecule has 0 radical (unpaired) electrons. The zero-order chi connectivity index (χ0) is 9.72. The summed E-state index contributed by atoms with van der Waals surface area (Å²) in [6, 6.07) is 0. The highest BCUT2D eigenvalue weighted by molar-refractivity contribution is 6.40.